The largest absolute Gasteiger partial charge is 0.466 e. The summed E-state index contributed by atoms with van der Waals surface area (Å²) in [6, 6.07) is 0. The zero-order valence-corrected chi connectivity index (χ0v) is 13.0. The average molecular weight is 268 g/mol. The van der Waals surface area contributed by atoms with Crippen LogP contribution in [-0.2, 0) is 14.3 Å². The van der Waals surface area contributed by atoms with E-state index in [1.807, 2.05) is 6.92 Å². The van der Waals surface area contributed by atoms with Crippen LogP contribution in [0.1, 0.15) is 66.7 Å². The van der Waals surface area contributed by atoms with Crippen LogP contribution in [0.5, 0.6) is 0 Å². The van der Waals surface area contributed by atoms with Gasteiger partial charge in [-0.25, -0.2) is 0 Å². The molecule has 1 atom stereocenters. The first-order valence-electron chi connectivity index (χ1n) is 7.64. The van der Waals surface area contributed by atoms with Crippen molar-refractivity contribution in [3.63, 3.8) is 0 Å². The molecular formula is C16H28O3. The number of esters is 1. The van der Waals surface area contributed by atoms with E-state index >= 15 is 0 Å². The van der Waals surface area contributed by atoms with Crippen molar-refractivity contribution >= 4 is 5.97 Å². The summed E-state index contributed by atoms with van der Waals surface area (Å²) in [5, 5.41) is 0. The van der Waals surface area contributed by atoms with Gasteiger partial charge in [0.25, 0.3) is 0 Å². The van der Waals surface area contributed by atoms with E-state index < -0.39 is 0 Å². The van der Waals surface area contributed by atoms with E-state index in [4.69, 9.17) is 9.47 Å². The van der Waals surface area contributed by atoms with Crippen LogP contribution >= 0.6 is 0 Å². The summed E-state index contributed by atoms with van der Waals surface area (Å²) in [5.41, 5.74) is 2.57. The molecule has 1 aliphatic heterocycles. The molecule has 3 nitrogen and oxygen atoms in total. The molecule has 3 heteroatoms. The summed E-state index contributed by atoms with van der Waals surface area (Å²) in [4.78, 5) is 11.7. The van der Waals surface area contributed by atoms with Crippen LogP contribution in [0.3, 0.4) is 0 Å². The van der Waals surface area contributed by atoms with Gasteiger partial charge in [0.05, 0.1) is 24.7 Å². The molecule has 0 aromatic carbocycles. The molecule has 0 fully saturated rings. The molecule has 0 aromatic heterocycles. The molecule has 0 bridgehead atoms. The lowest BCUT2D eigenvalue weighted by molar-refractivity contribution is -0.147. The van der Waals surface area contributed by atoms with E-state index in [2.05, 4.69) is 27.7 Å². The first-order chi connectivity index (χ1) is 9.08. The van der Waals surface area contributed by atoms with Crippen molar-refractivity contribution in [1.82, 2.24) is 0 Å². The fraction of sp³-hybridized carbons (Fsp3) is 0.812. The minimum atomic E-state index is -0.156. The molecular weight excluding hydrogens is 240 g/mol. The summed E-state index contributed by atoms with van der Waals surface area (Å²) in [7, 11) is 0. The fourth-order valence-corrected chi connectivity index (χ4v) is 3.27. The maximum absolute atomic E-state index is 11.7. The number of hydrogen-bond donors (Lipinski definition) is 0. The quantitative estimate of drug-likeness (QED) is 0.517. The Morgan fingerprint density at radius 2 is 1.79 bits per heavy atom. The molecule has 110 valence electrons. The highest BCUT2D eigenvalue weighted by molar-refractivity contribution is 5.70. The third-order valence-electron chi connectivity index (χ3n) is 4.23. The molecule has 0 aliphatic carbocycles. The zero-order chi connectivity index (χ0) is 14.5. The Balaban J connectivity index is 2.97. The predicted octanol–water partition coefficient (Wildman–Crippen LogP) is 4.01. The Labute approximate surface area is 117 Å². The van der Waals surface area contributed by atoms with Crippen molar-refractivity contribution in [2.45, 2.75) is 78.4 Å². The lowest BCUT2D eigenvalue weighted by Crippen LogP contribution is -2.32. The van der Waals surface area contributed by atoms with Crippen LogP contribution < -0.4 is 0 Å². The Kier molecular flexibility index (Phi) is 6.05. The van der Waals surface area contributed by atoms with Gasteiger partial charge in [-0.1, -0.05) is 27.7 Å². The second-order valence-corrected chi connectivity index (χ2v) is 5.03. The monoisotopic (exact) mass is 268 g/mol. The fourth-order valence-electron chi connectivity index (χ4n) is 3.27. The Bertz CT molecular complexity index is 340. The number of hydrogen-bond acceptors (Lipinski definition) is 3. The van der Waals surface area contributed by atoms with Crippen molar-refractivity contribution in [1.29, 1.82) is 0 Å². The summed E-state index contributed by atoms with van der Waals surface area (Å²) >= 11 is 0. The van der Waals surface area contributed by atoms with E-state index in [9.17, 15) is 4.79 Å². The Morgan fingerprint density at radius 1 is 1.16 bits per heavy atom. The minimum Gasteiger partial charge on any atom is -0.466 e. The van der Waals surface area contributed by atoms with Crippen LogP contribution in [0.2, 0.25) is 0 Å². The molecule has 0 saturated heterocycles. The van der Waals surface area contributed by atoms with Crippen molar-refractivity contribution in [2.24, 2.45) is 0 Å². The third kappa shape index (κ3) is 3.19. The van der Waals surface area contributed by atoms with E-state index in [-0.39, 0.29) is 17.7 Å². The first-order valence-corrected chi connectivity index (χ1v) is 7.64. The minimum absolute atomic E-state index is 0.0844. The average Bonchev–Trinajstić information content (AvgIpc) is 2.72. The van der Waals surface area contributed by atoms with E-state index in [1.165, 1.54) is 11.1 Å². The lowest BCUT2D eigenvalue weighted by atomic mass is 9.84. The molecule has 1 aliphatic rings. The highest BCUT2D eigenvalue weighted by atomic mass is 16.5. The molecule has 0 amide bonds. The maximum Gasteiger partial charge on any atom is 0.308 e. The molecule has 0 radical (unpaired) electrons. The van der Waals surface area contributed by atoms with Crippen molar-refractivity contribution in [2.75, 3.05) is 6.61 Å². The van der Waals surface area contributed by atoms with Crippen LogP contribution in [0.25, 0.3) is 0 Å². The molecule has 1 unspecified atom stereocenters. The van der Waals surface area contributed by atoms with Gasteiger partial charge in [-0.3, -0.25) is 4.79 Å². The number of rotatable bonds is 7. The van der Waals surface area contributed by atoms with Gasteiger partial charge in [0.2, 0.25) is 0 Å². The van der Waals surface area contributed by atoms with Gasteiger partial charge in [0, 0.05) is 0 Å². The van der Waals surface area contributed by atoms with Gasteiger partial charge in [-0.05, 0) is 43.8 Å². The van der Waals surface area contributed by atoms with Gasteiger partial charge in [-0.15, -0.1) is 0 Å². The highest BCUT2D eigenvalue weighted by Crippen LogP contribution is 2.44. The Hall–Kier alpha value is -0.830. The van der Waals surface area contributed by atoms with Gasteiger partial charge in [0.1, 0.15) is 0 Å². The number of ether oxygens (including phenoxy) is 2. The van der Waals surface area contributed by atoms with Crippen LogP contribution in [0.15, 0.2) is 11.1 Å². The van der Waals surface area contributed by atoms with Crippen LogP contribution in [0.4, 0.5) is 0 Å². The second-order valence-electron chi connectivity index (χ2n) is 5.03. The summed E-state index contributed by atoms with van der Waals surface area (Å²) in [6.07, 6.45) is 4.16. The van der Waals surface area contributed by atoms with Gasteiger partial charge in [0.15, 0.2) is 0 Å². The van der Waals surface area contributed by atoms with Gasteiger partial charge < -0.3 is 9.47 Å². The standard InChI is InChI=1S/C16H28O3/c1-6-12-13(7-2)16(8-3,9-4)19-14(12)11-15(17)18-10-5/h14H,6-11H2,1-5H3. The molecule has 0 aromatic rings. The summed E-state index contributed by atoms with van der Waals surface area (Å²) < 4.78 is 11.4. The van der Waals surface area contributed by atoms with Crippen LogP contribution in [0, 0.1) is 0 Å². The molecule has 19 heavy (non-hydrogen) atoms. The van der Waals surface area contributed by atoms with Crippen LogP contribution in [-0.4, -0.2) is 24.3 Å². The zero-order valence-electron chi connectivity index (χ0n) is 13.0. The van der Waals surface area contributed by atoms with Gasteiger partial charge in [-0.2, -0.15) is 0 Å². The predicted molar refractivity (Wildman–Crippen MR) is 77.0 cm³/mol. The number of carbonyl (C=O) groups excluding carboxylic acids is 1. The third-order valence-corrected chi connectivity index (χ3v) is 4.23. The Morgan fingerprint density at radius 3 is 2.21 bits per heavy atom. The van der Waals surface area contributed by atoms with Gasteiger partial charge >= 0.3 is 5.97 Å². The molecule has 0 spiro atoms. The topological polar surface area (TPSA) is 35.5 Å². The lowest BCUT2D eigenvalue weighted by Gasteiger charge is -2.30. The smallest absolute Gasteiger partial charge is 0.308 e. The van der Waals surface area contributed by atoms with E-state index in [1.54, 1.807) is 0 Å². The molecule has 1 rings (SSSR count). The SMILES string of the molecule is CCOC(=O)CC1OC(CC)(CC)C(CC)=C1CC. The molecule has 1 heterocycles. The normalized spacial score (nSPS) is 21.8. The molecule has 0 N–H and O–H groups in total. The first kappa shape index (κ1) is 16.2. The maximum atomic E-state index is 11.7. The summed E-state index contributed by atoms with van der Waals surface area (Å²) in [5.74, 6) is -0.156. The van der Waals surface area contributed by atoms with Crippen molar-refractivity contribution in [3.8, 4) is 0 Å². The molecule has 0 saturated carbocycles. The van der Waals surface area contributed by atoms with E-state index in [0.717, 1.165) is 25.7 Å². The van der Waals surface area contributed by atoms with Crippen molar-refractivity contribution in [3.05, 3.63) is 11.1 Å². The highest BCUT2D eigenvalue weighted by Gasteiger charge is 2.43. The number of carbonyl (C=O) groups is 1. The van der Waals surface area contributed by atoms with Crippen molar-refractivity contribution < 1.29 is 14.3 Å². The summed E-state index contributed by atoms with van der Waals surface area (Å²) in [6.45, 7) is 10.9. The van der Waals surface area contributed by atoms with E-state index in [0.29, 0.717) is 13.0 Å². The second kappa shape index (κ2) is 7.09.